The molecule has 1 aliphatic heterocycles. The number of aromatic nitrogens is 2. The quantitative estimate of drug-likeness (QED) is 0.801. The molecule has 1 saturated heterocycles. The molecule has 0 bridgehead atoms. The highest BCUT2D eigenvalue weighted by Gasteiger charge is 2.29. The first kappa shape index (κ1) is 12.8. The van der Waals surface area contributed by atoms with Gasteiger partial charge in [0.05, 0.1) is 6.61 Å². The van der Waals surface area contributed by atoms with Gasteiger partial charge in [0.25, 0.3) is 0 Å². The van der Waals surface area contributed by atoms with Gasteiger partial charge in [0.1, 0.15) is 12.1 Å². The average molecular weight is 250 g/mol. The molecular formula is C12H18N4O2. The van der Waals surface area contributed by atoms with Crippen molar-refractivity contribution in [2.45, 2.75) is 12.8 Å². The highest BCUT2D eigenvalue weighted by molar-refractivity contribution is 5.78. The fourth-order valence-corrected chi connectivity index (χ4v) is 2.23. The Balaban J connectivity index is 1.90. The van der Waals surface area contributed by atoms with Crippen LogP contribution in [0, 0.1) is 5.92 Å². The van der Waals surface area contributed by atoms with E-state index in [9.17, 15) is 4.79 Å². The largest absolute Gasteiger partial charge is 0.384 e. The number of ether oxygens (including phenoxy) is 1. The van der Waals surface area contributed by atoms with Crippen LogP contribution in [-0.2, 0) is 16.0 Å². The Bertz CT molecular complexity index is 424. The zero-order valence-corrected chi connectivity index (χ0v) is 10.5. The molecule has 6 heteroatoms. The van der Waals surface area contributed by atoms with E-state index in [1.54, 1.807) is 13.2 Å². The Morgan fingerprint density at radius 2 is 2.39 bits per heavy atom. The molecule has 2 N–H and O–H groups in total. The summed E-state index contributed by atoms with van der Waals surface area (Å²) in [6, 6.07) is 1.77. The Morgan fingerprint density at radius 1 is 1.56 bits per heavy atom. The molecule has 1 aliphatic rings. The molecule has 2 rings (SSSR count). The van der Waals surface area contributed by atoms with Crippen LogP contribution in [0.1, 0.15) is 12.1 Å². The van der Waals surface area contributed by atoms with Crippen LogP contribution in [0.5, 0.6) is 0 Å². The maximum Gasteiger partial charge on any atom is 0.223 e. The van der Waals surface area contributed by atoms with E-state index in [1.165, 1.54) is 6.33 Å². The summed E-state index contributed by atoms with van der Waals surface area (Å²) in [4.78, 5) is 21.6. The predicted octanol–water partition coefficient (Wildman–Crippen LogP) is 0.0962. The predicted molar refractivity (Wildman–Crippen MR) is 66.7 cm³/mol. The van der Waals surface area contributed by atoms with Gasteiger partial charge in [0.2, 0.25) is 5.91 Å². The zero-order chi connectivity index (χ0) is 13.0. The van der Waals surface area contributed by atoms with Crippen LogP contribution < -0.4 is 5.73 Å². The minimum atomic E-state index is 0.194. The molecule has 98 valence electrons. The van der Waals surface area contributed by atoms with E-state index >= 15 is 0 Å². The number of hydrogen-bond donors (Lipinski definition) is 1. The first-order valence-electron chi connectivity index (χ1n) is 6.02. The molecule has 0 radical (unpaired) electrons. The number of anilines is 1. The second-order valence-corrected chi connectivity index (χ2v) is 4.54. The second-order valence-electron chi connectivity index (χ2n) is 4.54. The van der Waals surface area contributed by atoms with Crippen molar-refractivity contribution in [1.29, 1.82) is 0 Å². The lowest BCUT2D eigenvalue weighted by molar-refractivity contribution is -0.128. The van der Waals surface area contributed by atoms with Gasteiger partial charge in [-0.2, -0.15) is 0 Å². The minimum absolute atomic E-state index is 0.194. The summed E-state index contributed by atoms with van der Waals surface area (Å²) >= 11 is 0. The number of amides is 1. The number of hydrogen-bond acceptors (Lipinski definition) is 5. The molecule has 0 saturated carbocycles. The Hall–Kier alpha value is -1.69. The van der Waals surface area contributed by atoms with Crippen LogP contribution in [0.15, 0.2) is 12.4 Å². The third kappa shape index (κ3) is 3.16. The van der Waals surface area contributed by atoms with Crippen molar-refractivity contribution < 1.29 is 9.53 Å². The first-order valence-corrected chi connectivity index (χ1v) is 6.02. The van der Waals surface area contributed by atoms with Crippen LogP contribution in [-0.4, -0.2) is 47.6 Å². The molecule has 0 aromatic carbocycles. The summed E-state index contributed by atoms with van der Waals surface area (Å²) in [6.07, 6.45) is 2.81. The van der Waals surface area contributed by atoms with Gasteiger partial charge in [-0.3, -0.25) is 4.79 Å². The fourth-order valence-electron chi connectivity index (χ4n) is 2.23. The summed E-state index contributed by atoms with van der Waals surface area (Å²) in [7, 11) is 1.64. The van der Waals surface area contributed by atoms with Crippen LogP contribution in [0.2, 0.25) is 0 Å². The molecule has 1 fully saturated rings. The number of nitrogens with zero attached hydrogens (tertiary/aromatic N) is 3. The van der Waals surface area contributed by atoms with E-state index in [-0.39, 0.29) is 5.91 Å². The van der Waals surface area contributed by atoms with E-state index in [4.69, 9.17) is 10.5 Å². The van der Waals surface area contributed by atoms with Crippen LogP contribution in [0.4, 0.5) is 5.82 Å². The lowest BCUT2D eigenvalue weighted by Gasteiger charge is -2.15. The molecule has 0 spiro atoms. The normalized spacial score (nSPS) is 19.5. The lowest BCUT2D eigenvalue weighted by Crippen LogP contribution is -2.29. The Morgan fingerprint density at radius 3 is 3.11 bits per heavy atom. The molecule has 0 aliphatic carbocycles. The van der Waals surface area contributed by atoms with Crippen LogP contribution in [0.3, 0.4) is 0 Å². The number of carbonyl (C=O) groups excluding carboxylic acids is 1. The van der Waals surface area contributed by atoms with Gasteiger partial charge in [-0.15, -0.1) is 0 Å². The summed E-state index contributed by atoms with van der Waals surface area (Å²) in [6.45, 7) is 2.02. The fraction of sp³-hybridized carbons (Fsp3) is 0.583. The standard InChI is InChI=1S/C12H18N4O2/c1-18-3-2-16-7-9(5-12(16)17)4-10-6-11(13)15-8-14-10/h6,8-9H,2-5,7H2,1H3,(H2,13,14,15)/t9-/m0/s1. The number of nitrogen functional groups attached to an aromatic ring is 1. The number of nitrogens with two attached hydrogens (primary N) is 1. The lowest BCUT2D eigenvalue weighted by atomic mass is 10.0. The van der Waals surface area contributed by atoms with Crippen molar-refractivity contribution in [1.82, 2.24) is 14.9 Å². The topological polar surface area (TPSA) is 81.3 Å². The number of likely N-dealkylation sites (tertiary alicyclic amines) is 1. The molecule has 6 nitrogen and oxygen atoms in total. The van der Waals surface area contributed by atoms with Gasteiger partial charge in [-0.25, -0.2) is 9.97 Å². The number of rotatable bonds is 5. The van der Waals surface area contributed by atoms with Gasteiger partial charge < -0.3 is 15.4 Å². The molecule has 0 unspecified atom stereocenters. The SMILES string of the molecule is COCCN1C[C@@H](Cc2cc(N)ncn2)CC1=O. The van der Waals surface area contributed by atoms with Gasteiger partial charge in [0, 0.05) is 38.4 Å². The second kappa shape index (κ2) is 5.77. The zero-order valence-electron chi connectivity index (χ0n) is 10.5. The van der Waals surface area contributed by atoms with E-state index in [0.717, 1.165) is 18.7 Å². The van der Waals surface area contributed by atoms with Crippen molar-refractivity contribution in [3.8, 4) is 0 Å². The number of methoxy groups -OCH3 is 1. The molecule has 1 atom stereocenters. The van der Waals surface area contributed by atoms with Crippen LogP contribution in [0.25, 0.3) is 0 Å². The van der Waals surface area contributed by atoms with E-state index in [2.05, 4.69) is 9.97 Å². The van der Waals surface area contributed by atoms with Crippen molar-refractivity contribution in [3.63, 3.8) is 0 Å². The molecule has 1 aromatic heterocycles. The summed E-state index contributed by atoms with van der Waals surface area (Å²) in [5.41, 5.74) is 6.51. The highest BCUT2D eigenvalue weighted by Crippen LogP contribution is 2.21. The van der Waals surface area contributed by atoms with E-state index < -0.39 is 0 Å². The number of carbonyl (C=O) groups is 1. The third-order valence-electron chi connectivity index (χ3n) is 3.10. The van der Waals surface area contributed by atoms with E-state index in [0.29, 0.717) is 31.3 Å². The molecule has 1 aromatic rings. The monoisotopic (exact) mass is 250 g/mol. The minimum Gasteiger partial charge on any atom is -0.384 e. The van der Waals surface area contributed by atoms with Crippen molar-refractivity contribution in [2.24, 2.45) is 5.92 Å². The Kier molecular flexibility index (Phi) is 4.09. The summed E-state index contributed by atoms with van der Waals surface area (Å²) in [5, 5.41) is 0. The maximum atomic E-state index is 11.8. The van der Waals surface area contributed by atoms with Crippen molar-refractivity contribution in [3.05, 3.63) is 18.1 Å². The van der Waals surface area contributed by atoms with Gasteiger partial charge in [0.15, 0.2) is 0 Å². The van der Waals surface area contributed by atoms with Crippen LogP contribution >= 0.6 is 0 Å². The summed E-state index contributed by atoms with van der Waals surface area (Å²) < 4.78 is 4.99. The smallest absolute Gasteiger partial charge is 0.223 e. The van der Waals surface area contributed by atoms with Crippen molar-refractivity contribution >= 4 is 11.7 Å². The van der Waals surface area contributed by atoms with Gasteiger partial charge in [-0.1, -0.05) is 0 Å². The molecular weight excluding hydrogens is 232 g/mol. The van der Waals surface area contributed by atoms with Crippen molar-refractivity contribution in [2.75, 3.05) is 32.5 Å². The first-order chi connectivity index (χ1) is 8.69. The molecule has 2 heterocycles. The maximum absolute atomic E-state index is 11.8. The molecule has 18 heavy (non-hydrogen) atoms. The molecule has 1 amide bonds. The van der Waals surface area contributed by atoms with E-state index in [1.807, 2.05) is 4.90 Å². The van der Waals surface area contributed by atoms with Gasteiger partial charge >= 0.3 is 0 Å². The third-order valence-corrected chi connectivity index (χ3v) is 3.10. The Labute approximate surface area is 106 Å². The average Bonchev–Trinajstić information content (AvgIpc) is 2.67. The van der Waals surface area contributed by atoms with Gasteiger partial charge in [-0.05, 0) is 12.3 Å². The highest BCUT2D eigenvalue weighted by atomic mass is 16.5. The summed E-state index contributed by atoms with van der Waals surface area (Å²) in [5.74, 6) is 0.975.